The van der Waals surface area contributed by atoms with E-state index in [0.717, 1.165) is 57.1 Å². The molecule has 0 fully saturated rings. The fourth-order valence-corrected chi connectivity index (χ4v) is 4.51. The number of methoxy groups -OCH3 is 1. The van der Waals surface area contributed by atoms with E-state index in [4.69, 9.17) is 4.74 Å². The predicted molar refractivity (Wildman–Crippen MR) is 141 cm³/mol. The first-order valence-corrected chi connectivity index (χ1v) is 12.2. The highest BCUT2D eigenvalue weighted by molar-refractivity contribution is 9.10. The predicted octanol–water partition coefficient (Wildman–Crippen LogP) is 4.82. The monoisotopic (exact) mass is 525 g/mol. The maximum absolute atomic E-state index is 12.3. The highest BCUT2D eigenvalue weighted by Gasteiger charge is 2.18. The minimum Gasteiger partial charge on any atom is -0.496 e. The van der Waals surface area contributed by atoms with Crippen molar-refractivity contribution in [3.05, 3.63) is 70.2 Å². The maximum Gasteiger partial charge on any atom is 0.237 e. The van der Waals surface area contributed by atoms with E-state index in [1.807, 2.05) is 68.4 Å². The molecule has 0 heterocycles. The molecule has 3 rings (SSSR count). The minimum atomic E-state index is -0.240. The summed E-state index contributed by atoms with van der Waals surface area (Å²) in [6.45, 7) is 4.21. The van der Waals surface area contributed by atoms with Crippen molar-refractivity contribution in [2.45, 2.75) is 45.3 Å². The zero-order valence-corrected chi connectivity index (χ0v) is 21.7. The standard InChI is InChI=1S/C27H32BrN3O3/c1-18(30-27(33)19(2)29-3)12-13-20-8-5-6-11-25(20)31(17-32)16-23-21-9-7-10-24(28)22(21)14-15-26(23)34-4/h5-11,14-15,17-19,29H,12-13,16H2,1-4H3,(H,30,33)/t18?,19-/m0/s1. The number of likely N-dealkylation sites (N-methyl/N-ethyl adjacent to an activating group) is 1. The van der Waals surface area contributed by atoms with Crippen molar-refractivity contribution < 1.29 is 14.3 Å². The van der Waals surface area contributed by atoms with E-state index >= 15 is 0 Å². The minimum absolute atomic E-state index is 0.0107. The molecule has 2 N–H and O–H groups in total. The molecule has 3 aromatic carbocycles. The van der Waals surface area contributed by atoms with Crippen LogP contribution in [-0.4, -0.2) is 38.6 Å². The second kappa shape index (κ2) is 12.0. The van der Waals surface area contributed by atoms with Gasteiger partial charge < -0.3 is 20.3 Å². The first-order chi connectivity index (χ1) is 16.4. The summed E-state index contributed by atoms with van der Waals surface area (Å²) in [5.41, 5.74) is 2.86. The van der Waals surface area contributed by atoms with Crippen molar-refractivity contribution in [3.63, 3.8) is 0 Å². The molecule has 6 nitrogen and oxygen atoms in total. The number of carbonyl (C=O) groups is 2. The molecule has 34 heavy (non-hydrogen) atoms. The Bertz CT molecular complexity index is 1150. The van der Waals surface area contributed by atoms with Gasteiger partial charge in [-0.1, -0.05) is 46.3 Å². The largest absolute Gasteiger partial charge is 0.496 e. The van der Waals surface area contributed by atoms with Crippen LogP contribution < -0.4 is 20.3 Å². The molecular formula is C27H32BrN3O3. The molecule has 0 saturated carbocycles. The van der Waals surface area contributed by atoms with Crippen LogP contribution in [0.15, 0.2) is 59.1 Å². The van der Waals surface area contributed by atoms with Gasteiger partial charge in [0.25, 0.3) is 0 Å². The van der Waals surface area contributed by atoms with Gasteiger partial charge in [-0.25, -0.2) is 0 Å². The first-order valence-electron chi connectivity index (χ1n) is 11.4. The van der Waals surface area contributed by atoms with Crippen LogP contribution in [0.5, 0.6) is 5.75 Å². The molecule has 0 radical (unpaired) electrons. The molecule has 2 amide bonds. The third-order valence-corrected chi connectivity index (χ3v) is 6.81. The van der Waals surface area contributed by atoms with Crippen LogP contribution in [0.25, 0.3) is 10.8 Å². The van der Waals surface area contributed by atoms with E-state index in [9.17, 15) is 9.59 Å². The number of anilines is 1. The molecule has 7 heteroatoms. The quantitative estimate of drug-likeness (QED) is 0.352. The summed E-state index contributed by atoms with van der Waals surface area (Å²) >= 11 is 3.62. The number of carbonyl (C=O) groups excluding carboxylic acids is 2. The number of nitrogens with one attached hydrogen (secondary N) is 2. The average Bonchev–Trinajstić information content (AvgIpc) is 2.85. The summed E-state index contributed by atoms with van der Waals surface area (Å²) in [7, 11) is 3.41. The van der Waals surface area contributed by atoms with Gasteiger partial charge >= 0.3 is 0 Å². The number of benzene rings is 3. The van der Waals surface area contributed by atoms with Crippen LogP contribution in [0.2, 0.25) is 0 Å². The molecule has 0 saturated heterocycles. The van der Waals surface area contributed by atoms with Gasteiger partial charge in [-0.15, -0.1) is 0 Å². The molecular weight excluding hydrogens is 494 g/mol. The van der Waals surface area contributed by atoms with Crippen LogP contribution in [0, 0.1) is 0 Å². The number of fused-ring (bicyclic) bond motifs is 1. The number of hydrogen-bond acceptors (Lipinski definition) is 4. The van der Waals surface area contributed by atoms with Crippen LogP contribution in [0.3, 0.4) is 0 Å². The number of hydrogen-bond donors (Lipinski definition) is 2. The number of nitrogens with zero attached hydrogens (tertiary/aromatic N) is 1. The lowest BCUT2D eigenvalue weighted by atomic mass is 10.0. The van der Waals surface area contributed by atoms with Gasteiger partial charge in [-0.3, -0.25) is 9.59 Å². The van der Waals surface area contributed by atoms with Gasteiger partial charge in [-0.2, -0.15) is 0 Å². The van der Waals surface area contributed by atoms with Crippen molar-refractivity contribution in [2.24, 2.45) is 0 Å². The number of rotatable bonds is 11. The van der Waals surface area contributed by atoms with Crippen molar-refractivity contribution >= 4 is 44.7 Å². The van der Waals surface area contributed by atoms with Crippen LogP contribution in [0.4, 0.5) is 5.69 Å². The second-order valence-corrected chi connectivity index (χ2v) is 9.26. The van der Waals surface area contributed by atoms with E-state index in [-0.39, 0.29) is 18.0 Å². The third-order valence-electron chi connectivity index (χ3n) is 6.12. The maximum atomic E-state index is 12.3. The molecule has 1 unspecified atom stereocenters. The molecule has 0 aliphatic heterocycles. The highest BCUT2D eigenvalue weighted by Crippen LogP contribution is 2.34. The molecule has 180 valence electrons. The fraction of sp³-hybridized carbons (Fsp3) is 0.333. The van der Waals surface area contributed by atoms with Gasteiger partial charge in [0.15, 0.2) is 0 Å². The molecule has 0 aromatic heterocycles. The van der Waals surface area contributed by atoms with Gasteiger partial charge in [-0.05, 0) is 74.3 Å². The topological polar surface area (TPSA) is 70.7 Å². The molecule has 0 spiro atoms. The van der Waals surface area contributed by atoms with E-state index in [1.54, 1.807) is 19.1 Å². The van der Waals surface area contributed by atoms with Crippen LogP contribution >= 0.6 is 15.9 Å². The van der Waals surface area contributed by atoms with Gasteiger partial charge in [0.1, 0.15) is 5.75 Å². The average molecular weight is 526 g/mol. The highest BCUT2D eigenvalue weighted by atomic mass is 79.9. The lowest BCUT2D eigenvalue weighted by molar-refractivity contribution is -0.123. The first kappa shape index (κ1) is 25.7. The SMILES string of the molecule is CN[C@@H](C)C(=O)NC(C)CCc1ccccc1N(C=O)Cc1c(OC)ccc2c(Br)cccc12. The summed E-state index contributed by atoms with van der Waals surface area (Å²) < 4.78 is 6.64. The Kier molecular flexibility index (Phi) is 9.07. The summed E-state index contributed by atoms with van der Waals surface area (Å²) in [4.78, 5) is 26.2. The summed E-state index contributed by atoms with van der Waals surface area (Å²) in [5.74, 6) is 0.719. The van der Waals surface area contributed by atoms with Crippen molar-refractivity contribution in [1.82, 2.24) is 10.6 Å². The van der Waals surface area contributed by atoms with E-state index in [0.29, 0.717) is 6.54 Å². The number of halogens is 1. The number of ether oxygens (including phenoxy) is 1. The fourth-order valence-electron chi connectivity index (χ4n) is 4.01. The van der Waals surface area contributed by atoms with Crippen molar-refractivity contribution in [3.8, 4) is 5.75 Å². The lowest BCUT2D eigenvalue weighted by Crippen LogP contribution is -2.44. The number of aryl methyl sites for hydroxylation is 1. The van der Waals surface area contributed by atoms with Gasteiger partial charge in [0.2, 0.25) is 12.3 Å². The zero-order valence-electron chi connectivity index (χ0n) is 20.1. The number of amides is 2. The normalized spacial score (nSPS) is 12.7. The second-order valence-electron chi connectivity index (χ2n) is 8.40. The van der Waals surface area contributed by atoms with Crippen LogP contribution in [0.1, 0.15) is 31.4 Å². The Labute approximate surface area is 209 Å². The molecule has 2 atom stereocenters. The zero-order chi connectivity index (χ0) is 24.7. The van der Waals surface area contributed by atoms with Crippen molar-refractivity contribution in [1.29, 1.82) is 0 Å². The lowest BCUT2D eigenvalue weighted by Gasteiger charge is -2.24. The molecule has 0 bridgehead atoms. The Morgan fingerprint density at radius 3 is 2.56 bits per heavy atom. The summed E-state index contributed by atoms with van der Waals surface area (Å²) in [6, 6.07) is 17.7. The Balaban J connectivity index is 1.85. The van der Waals surface area contributed by atoms with Crippen LogP contribution in [-0.2, 0) is 22.6 Å². The third kappa shape index (κ3) is 5.96. The molecule has 0 aliphatic carbocycles. The molecule has 0 aliphatic rings. The van der Waals surface area contributed by atoms with E-state index in [1.165, 1.54) is 0 Å². The van der Waals surface area contributed by atoms with E-state index in [2.05, 4.69) is 26.6 Å². The Hall–Kier alpha value is -2.90. The van der Waals surface area contributed by atoms with Gasteiger partial charge in [0.05, 0.1) is 19.7 Å². The van der Waals surface area contributed by atoms with E-state index < -0.39 is 0 Å². The van der Waals surface area contributed by atoms with Gasteiger partial charge in [0, 0.05) is 21.8 Å². The number of para-hydroxylation sites is 1. The molecule has 3 aromatic rings. The Morgan fingerprint density at radius 2 is 1.85 bits per heavy atom. The summed E-state index contributed by atoms with van der Waals surface area (Å²) in [5, 5.41) is 8.09. The summed E-state index contributed by atoms with van der Waals surface area (Å²) in [6.07, 6.45) is 2.36. The smallest absolute Gasteiger partial charge is 0.237 e. The van der Waals surface area contributed by atoms with Crippen molar-refractivity contribution in [2.75, 3.05) is 19.1 Å². The Morgan fingerprint density at radius 1 is 1.09 bits per heavy atom.